The van der Waals surface area contributed by atoms with Crippen LogP contribution in [0.3, 0.4) is 0 Å². The van der Waals surface area contributed by atoms with Crippen molar-refractivity contribution in [2.75, 3.05) is 29.5 Å². The predicted molar refractivity (Wildman–Crippen MR) is 72.6 cm³/mol. The second-order valence-corrected chi connectivity index (χ2v) is 5.99. The minimum Gasteiger partial charge on any atom is -0.384 e. The maximum absolute atomic E-state index is 11.3. The van der Waals surface area contributed by atoms with Crippen LogP contribution in [0.25, 0.3) is 0 Å². The quantitative estimate of drug-likeness (QED) is 0.627. The van der Waals surface area contributed by atoms with Gasteiger partial charge in [-0.3, -0.25) is 9.62 Å². The summed E-state index contributed by atoms with van der Waals surface area (Å²) in [6.45, 7) is 1.43. The van der Waals surface area contributed by atoms with Crippen LogP contribution in [0.15, 0.2) is 18.2 Å². The first kappa shape index (κ1) is 12.4. The maximum Gasteiger partial charge on any atom is 0.126 e. The Bertz CT molecular complexity index is 468. The van der Waals surface area contributed by atoms with Gasteiger partial charge in [0.2, 0.25) is 0 Å². The Balaban J connectivity index is 2.35. The smallest absolute Gasteiger partial charge is 0.126 e. The first-order valence-electron chi connectivity index (χ1n) is 5.32. The lowest BCUT2D eigenvalue weighted by atomic mass is 10.1. The molecule has 17 heavy (non-hydrogen) atoms. The SMILES string of the molecule is N=C(N)c1c(Cl)cccc1N1CCS(=O)CC1. The van der Waals surface area contributed by atoms with E-state index in [-0.39, 0.29) is 5.84 Å². The van der Waals surface area contributed by atoms with Crippen molar-refractivity contribution in [3.8, 4) is 0 Å². The Morgan fingerprint density at radius 1 is 1.41 bits per heavy atom. The first-order chi connectivity index (χ1) is 8.09. The van der Waals surface area contributed by atoms with Gasteiger partial charge in [-0.05, 0) is 12.1 Å². The third kappa shape index (κ3) is 2.61. The van der Waals surface area contributed by atoms with Crippen LogP contribution in [-0.4, -0.2) is 34.6 Å². The Hall–Kier alpha value is -1.07. The zero-order valence-corrected chi connectivity index (χ0v) is 10.9. The molecular weight excluding hydrogens is 258 g/mol. The summed E-state index contributed by atoms with van der Waals surface area (Å²) >= 11 is 6.06. The van der Waals surface area contributed by atoms with E-state index in [0.29, 0.717) is 35.2 Å². The molecule has 2 rings (SSSR count). The van der Waals surface area contributed by atoms with Crippen molar-refractivity contribution in [3.05, 3.63) is 28.8 Å². The summed E-state index contributed by atoms with van der Waals surface area (Å²) in [6.07, 6.45) is 0. The maximum atomic E-state index is 11.3. The van der Waals surface area contributed by atoms with Crippen LogP contribution in [-0.2, 0) is 10.8 Å². The second kappa shape index (κ2) is 5.06. The third-order valence-corrected chi connectivity index (χ3v) is 4.37. The molecule has 0 aromatic heterocycles. The molecule has 0 spiro atoms. The van der Waals surface area contributed by atoms with Crippen molar-refractivity contribution in [3.63, 3.8) is 0 Å². The molecule has 0 unspecified atom stereocenters. The molecule has 0 radical (unpaired) electrons. The van der Waals surface area contributed by atoms with Crippen LogP contribution < -0.4 is 10.6 Å². The van der Waals surface area contributed by atoms with Gasteiger partial charge in [-0.15, -0.1) is 0 Å². The Morgan fingerprint density at radius 3 is 2.65 bits per heavy atom. The molecule has 1 heterocycles. The van der Waals surface area contributed by atoms with E-state index in [9.17, 15) is 4.21 Å². The summed E-state index contributed by atoms with van der Waals surface area (Å²) in [4.78, 5) is 2.09. The van der Waals surface area contributed by atoms with Crippen molar-refractivity contribution in [2.45, 2.75) is 0 Å². The molecule has 3 N–H and O–H groups in total. The van der Waals surface area contributed by atoms with Crippen molar-refractivity contribution in [1.29, 1.82) is 5.41 Å². The van der Waals surface area contributed by atoms with Gasteiger partial charge in [0.1, 0.15) is 5.84 Å². The number of anilines is 1. The monoisotopic (exact) mass is 271 g/mol. The minimum absolute atomic E-state index is 0.0303. The van der Waals surface area contributed by atoms with Gasteiger partial charge in [0.05, 0.1) is 10.6 Å². The average molecular weight is 272 g/mol. The zero-order valence-electron chi connectivity index (χ0n) is 9.28. The van der Waals surface area contributed by atoms with Crippen molar-refractivity contribution in [2.24, 2.45) is 5.73 Å². The first-order valence-corrected chi connectivity index (χ1v) is 7.19. The fourth-order valence-corrected chi connectivity index (χ4v) is 3.25. The average Bonchev–Trinajstić information content (AvgIpc) is 2.29. The molecule has 1 aromatic rings. The fraction of sp³-hybridized carbons (Fsp3) is 0.364. The van der Waals surface area contributed by atoms with E-state index >= 15 is 0 Å². The van der Waals surface area contributed by atoms with Crippen LogP contribution in [0, 0.1) is 5.41 Å². The third-order valence-electron chi connectivity index (χ3n) is 2.78. The molecule has 0 saturated carbocycles. The molecule has 92 valence electrons. The molecule has 1 fully saturated rings. The minimum atomic E-state index is -0.717. The number of amidine groups is 1. The molecular formula is C11H14ClN3OS. The topological polar surface area (TPSA) is 70.2 Å². The predicted octanol–water partition coefficient (Wildman–Crippen LogP) is 1.19. The summed E-state index contributed by atoms with van der Waals surface area (Å²) in [5.74, 6) is 1.28. The number of hydrogen-bond donors (Lipinski definition) is 2. The molecule has 1 aliphatic rings. The van der Waals surface area contributed by atoms with E-state index in [1.54, 1.807) is 6.07 Å². The van der Waals surface area contributed by atoms with Crippen LogP contribution in [0.5, 0.6) is 0 Å². The van der Waals surface area contributed by atoms with Crippen molar-refractivity contribution < 1.29 is 4.21 Å². The van der Waals surface area contributed by atoms with Gasteiger partial charge in [0, 0.05) is 41.1 Å². The highest BCUT2D eigenvalue weighted by molar-refractivity contribution is 7.85. The summed E-state index contributed by atoms with van der Waals surface area (Å²) in [6, 6.07) is 5.47. The lowest BCUT2D eigenvalue weighted by Crippen LogP contribution is -2.38. The summed E-state index contributed by atoms with van der Waals surface area (Å²) in [5, 5.41) is 8.07. The summed E-state index contributed by atoms with van der Waals surface area (Å²) in [5.41, 5.74) is 7.00. The number of benzene rings is 1. The highest BCUT2D eigenvalue weighted by atomic mass is 35.5. The standard InChI is InChI=1S/C11H14ClN3OS/c12-8-2-1-3-9(10(8)11(13)14)15-4-6-17(16)7-5-15/h1-3H,4-7H2,(H3,13,14). The van der Waals surface area contributed by atoms with E-state index in [0.717, 1.165) is 5.69 Å². The number of rotatable bonds is 2. The van der Waals surface area contributed by atoms with Gasteiger partial charge in [-0.1, -0.05) is 17.7 Å². The Labute approximate surface area is 108 Å². The van der Waals surface area contributed by atoms with Crippen LogP contribution in [0.1, 0.15) is 5.56 Å². The molecule has 0 atom stereocenters. The number of nitrogens with zero attached hydrogens (tertiary/aromatic N) is 1. The van der Waals surface area contributed by atoms with Crippen molar-refractivity contribution >= 4 is 33.9 Å². The van der Waals surface area contributed by atoms with E-state index in [1.165, 1.54) is 0 Å². The molecule has 1 aromatic carbocycles. The van der Waals surface area contributed by atoms with Crippen LogP contribution in [0.4, 0.5) is 5.69 Å². The van der Waals surface area contributed by atoms with Gasteiger partial charge < -0.3 is 10.6 Å². The largest absolute Gasteiger partial charge is 0.384 e. The molecule has 0 amide bonds. The van der Waals surface area contributed by atoms with E-state index in [4.69, 9.17) is 22.7 Å². The molecule has 6 heteroatoms. The fourth-order valence-electron chi connectivity index (χ4n) is 1.92. The summed E-state index contributed by atoms with van der Waals surface area (Å²) in [7, 11) is -0.717. The lowest BCUT2D eigenvalue weighted by Gasteiger charge is -2.30. The number of halogens is 1. The highest BCUT2D eigenvalue weighted by Crippen LogP contribution is 2.27. The highest BCUT2D eigenvalue weighted by Gasteiger charge is 2.20. The van der Waals surface area contributed by atoms with Gasteiger partial charge in [-0.2, -0.15) is 0 Å². The second-order valence-electron chi connectivity index (χ2n) is 3.88. The molecule has 1 aliphatic heterocycles. The van der Waals surface area contributed by atoms with Crippen LogP contribution in [0.2, 0.25) is 5.02 Å². The van der Waals surface area contributed by atoms with Crippen LogP contribution >= 0.6 is 11.6 Å². The molecule has 1 saturated heterocycles. The van der Waals surface area contributed by atoms with E-state index < -0.39 is 10.8 Å². The summed E-state index contributed by atoms with van der Waals surface area (Å²) < 4.78 is 11.3. The Kier molecular flexibility index (Phi) is 3.69. The number of nitrogens with one attached hydrogen (secondary N) is 1. The van der Waals surface area contributed by atoms with Gasteiger partial charge in [0.25, 0.3) is 0 Å². The van der Waals surface area contributed by atoms with Gasteiger partial charge >= 0.3 is 0 Å². The normalized spacial score (nSPS) is 17.1. The molecule has 4 nitrogen and oxygen atoms in total. The van der Waals surface area contributed by atoms with Crippen molar-refractivity contribution in [1.82, 2.24) is 0 Å². The number of hydrogen-bond acceptors (Lipinski definition) is 3. The molecule has 0 bridgehead atoms. The molecule has 0 aliphatic carbocycles. The van der Waals surface area contributed by atoms with E-state index in [1.807, 2.05) is 12.1 Å². The number of nitrogen functional groups attached to an aromatic ring is 1. The van der Waals surface area contributed by atoms with Gasteiger partial charge in [-0.25, -0.2) is 0 Å². The van der Waals surface area contributed by atoms with E-state index in [2.05, 4.69) is 4.90 Å². The Morgan fingerprint density at radius 2 is 2.06 bits per heavy atom. The lowest BCUT2D eigenvalue weighted by molar-refractivity contribution is 0.673. The number of nitrogens with two attached hydrogens (primary N) is 1. The zero-order chi connectivity index (χ0) is 12.4. The van der Waals surface area contributed by atoms with Gasteiger partial charge in [0.15, 0.2) is 0 Å².